The average Bonchev–Trinajstić information content (AvgIpc) is 3.10. The first-order valence-corrected chi connectivity index (χ1v) is 7.28. The topological polar surface area (TPSA) is 90.1 Å². The predicted molar refractivity (Wildman–Crippen MR) is 89.6 cm³/mol. The van der Waals surface area contributed by atoms with Crippen molar-refractivity contribution in [3.05, 3.63) is 81.6 Å². The van der Waals surface area contributed by atoms with Gasteiger partial charge in [-0.25, -0.2) is 4.68 Å². The zero-order valence-electron chi connectivity index (χ0n) is 12.2. The van der Waals surface area contributed by atoms with E-state index in [1.807, 2.05) is 0 Å². The minimum Gasteiger partial charge on any atom is -0.322 e. The Balaban J connectivity index is 1.80. The number of benzene rings is 2. The Morgan fingerprint density at radius 3 is 2.58 bits per heavy atom. The van der Waals surface area contributed by atoms with E-state index in [4.69, 9.17) is 11.6 Å². The number of carbonyl (C=O) groups excluding carboxylic acids is 1. The molecule has 7 nitrogen and oxygen atoms in total. The second kappa shape index (κ2) is 6.51. The minimum atomic E-state index is -0.577. The maximum atomic E-state index is 12.3. The summed E-state index contributed by atoms with van der Waals surface area (Å²) in [5, 5.41) is 17.7. The summed E-state index contributed by atoms with van der Waals surface area (Å²) in [5.74, 6) is -0.518. The van der Waals surface area contributed by atoms with Gasteiger partial charge in [-0.1, -0.05) is 11.6 Å². The molecule has 8 heteroatoms. The minimum absolute atomic E-state index is 0.0435. The van der Waals surface area contributed by atoms with Gasteiger partial charge in [0.1, 0.15) is 0 Å². The summed E-state index contributed by atoms with van der Waals surface area (Å²) in [4.78, 5) is 22.5. The van der Waals surface area contributed by atoms with Gasteiger partial charge in [0.15, 0.2) is 0 Å². The zero-order chi connectivity index (χ0) is 17.1. The number of carbonyl (C=O) groups is 1. The van der Waals surface area contributed by atoms with Crippen LogP contribution in [0.15, 0.2) is 60.9 Å². The Bertz CT molecular complexity index is 892. The van der Waals surface area contributed by atoms with Crippen LogP contribution in [0.25, 0.3) is 5.69 Å². The molecule has 0 aliphatic carbocycles. The standard InChI is InChI=1S/C16H11ClN4O3/c17-15-7-6-13(21(23)24)10-14(15)16(22)19-11-2-4-12(5-3-11)20-9-1-8-18-20/h1-10H,(H,19,22). The summed E-state index contributed by atoms with van der Waals surface area (Å²) in [7, 11) is 0. The molecule has 2 aromatic carbocycles. The van der Waals surface area contributed by atoms with E-state index in [2.05, 4.69) is 10.4 Å². The van der Waals surface area contributed by atoms with Crippen molar-refractivity contribution < 1.29 is 9.72 Å². The summed E-state index contributed by atoms with van der Waals surface area (Å²) in [6.07, 6.45) is 3.47. The van der Waals surface area contributed by atoms with E-state index >= 15 is 0 Å². The highest BCUT2D eigenvalue weighted by Gasteiger charge is 2.16. The van der Waals surface area contributed by atoms with Crippen LogP contribution in [0.2, 0.25) is 5.02 Å². The largest absolute Gasteiger partial charge is 0.322 e. The molecule has 3 rings (SSSR count). The lowest BCUT2D eigenvalue weighted by Crippen LogP contribution is -2.13. The highest BCUT2D eigenvalue weighted by Crippen LogP contribution is 2.23. The number of hydrogen-bond donors (Lipinski definition) is 1. The van der Waals surface area contributed by atoms with E-state index in [-0.39, 0.29) is 16.3 Å². The van der Waals surface area contributed by atoms with Crippen molar-refractivity contribution in [3.8, 4) is 5.69 Å². The lowest BCUT2D eigenvalue weighted by molar-refractivity contribution is -0.384. The first kappa shape index (κ1) is 15.7. The number of amides is 1. The Labute approximate surface area is 141 Å². The normalized spacial score (nSPS) is 10.4. The van der Waals surface area contributed by atoms with Crippen molar-refractivity contribution in [2.45, 2.75) is 0 Å². The van der Waals surface area contributed by atoms with Crippen molar-refractivity contribution in [2.75, 3.05) is 5.32 Å². The third kappa shape index (κ3) is 3.26. The molecule has 0 unspecified atom stereocenters. The van der Waals surface area contributed by atoms with Crippen molar-refractivity contribution in [1.29, 1.82) is 0 Å². The van der Waals surface area contributed by atoms with Crippen LogP contribution < -0.4 is 5.32 Å². The van der Waals surface area contributed by atoms with Gasteiger partial charge in [-0.15, -0.1) is 0 Å². The molecular weight excluding hydrogens is 332 g/mol. The van der Waals surface area contributed by atoms with Gasteiger partial charge in [-0.05, 0) is 36.4 Å². The summed E-state index contributed by atoms with van der Waals surface area (Å²) in [6.45, 7) is 0. The van der Waals surface area contributed by atoms with Crippen LogP contribution >= 0.6 is 11.6 Å². The molecule has 0 bridgehead atoms. The predicted octanol–water partition coefficient (Wildman–Crippen LogP) is 3.69. The second-order valence-electron chi connectivity index (χ2n) is 4.87. The van der Waals surface area contributed by atoms with Crippen LogP contribution in [-0.2, 0) is 0 Å². The number of non-ortho nitro benzene ring substituents is 1. The summed E-state index contributed by atoms with van der Waals surface area (Å²) in [5.41, 5.74) is 1.23. The van der Waals surface area contributed by atoms with Crippen LogP contribution in [-0.4, -0.2) is 20.6 Å². The van der Waals surface area contributed by atoms with Gasteiger partial charge in [0, 0.05) is 30.2 Å². The van der Waals surface area contributed by atoms with Crippen LogP contribution in [0.3, 0.4) is 0 Å². The van der Waals surface area contributed by atoms with Gasteiger partial charge in [0.2, 0.25) is 0 Å². The molecule has 3 aromatic rings. The first-order chi connectivity index (χ1) is 11.5. The Morgan fingerprint density at radius 2 is 1.96 bits per heavy atom. The molecule has 0 saturated heterocycles. The van der Waals surface area contributed by atoms with Gasteiger partial charge in [0.05, 0.1) is 21.2 Å². The van der Waals surface area contributed by atoms with E-state index in [0.717, 1.165) is 11.8 Å². The number of rotatable bonds is 4. The molecule has 0 saturated carbocycles. The van der Waals surface area contributed by atoms with Gasteiger partial charge < -0.3 is 5.32 Å². The molecule has 0 spiro atoms. The fourth-order valence-corrected chi connectivity index (χ4v) is 2.32. The van der Waals surface area contributed by atoms with Crippen molar-refractivity contribution in [1.82, 2.24) is 9.78 Å². The molecular formula is C16H11ClN4O3. The fourth-order valence-electron chi connectivity index (χ4n) is 2.12. The zero-order valence-corrected chi connectivity index (χ0v) is 13.0. The molecule has 0 aliphatic heterocycles. The Hall–Kier alpha value is -3.19. The average molecular weight is 343 g/mol. The van der Waals surface area contributed by atoms with Crippen molar-refractivity contribution in [2.24, 2.45) is 0 Å². The molecule has 24 heavy (non-hydrogen) atoms. The molecule has 1 N–H and O–H groups in total. The summed E-state index contributed by atoms with van der Waals surface area (Å²) >= 11 is 5.96. The van der Waals surface area contributed by atoms with E-state index in [0.29, 0.717) is 5.69 Å². The van der Waals surface area contributed by atoms with E-state index in [9.17, 15) is 14.9 Å². The van der Waals surface area contributed by atoms with Crippen LogP contribution in [0.1, 0.15) is 10.4 Å². The Morgan fingerprint density at radius 1 is 1.21 bits per heavy atom. The van der Waals surface area contributed by atoms with Crippen LogP contribution in [0, 0.1) is 10.1 Å². The second-order valence-corrected chi connectivity index (χ2v) is 5.28. The SMILES string of the molecule is O=C(Nc1ccc(-n2cccn2)cc1)c1cc([N+](=O)[O-])ccc1Cl. The summed E-state index contributed by atoms with van der Waals surface area (Å²) in [6, 6.07) is 12.5. The smallest absolute Gasteiger partial charge is 0.270 e. The molecule has 0 atom stereocenters. The molecule has 120 valence electrons. The van der Waals surface area contributed by atoms with E-state index in [1.54, 1.807) is 47.4 Å². The first-order valence-electron chi connectivity index (χ1n) is 6.90. The maximum absolute atomic E-state index is 12.3. The van der Waals surface area contributed by atoms with Gasteiger partial charge in [-0.3, -0.25) is 14.9 Å². The van der Waals surface area contributed by atoms with Gasteiger partial charge in [-0.2, -0.15) is 5.10 Å². The Kier molecular flexibility index (Phi) is 4.26. The number of anilines is 1. The molecule has 1 aromatic heterocycles. The number of halogens is 1. The molecule has 1 heterocycles. The molecule has 0 fully saturated rings. The van der Waals surface area contributed by atoms with Crippen molar-refractivity contribution in [3.63, 3.8) is 0 Å². The van der Waals surface area contributed by atoms with Gasteiger partial charge in [0.25, 0.3) is 11.6 Å². The fraction of sp³-hybridized carbons (Fsp3) is 0. The molecule has 0 radical (unpaired) electrons. The summed E-state index contributed by atoms with van der Waals surface area (Å²) < 4.78 is 1.68. The van der Waals surface area contributed by atoms with E-state index in [1.165, 1.54) is 12.1 Å². The highest BCUT2D eigenvalue weighted by molar-refractivity contribution is 6.34. The van der Waals surface area contributed by atoms with E-state index < -0.39 is 10.8 Å². The molecule has 0 aliphatic rings. The van der Waals surface area contributed by atoms with Crippen molar-refractivity contribution >= 4 is 28.9 Å². The van der Waals surface area contributed by atoms with Crippen LogP contribution in [0.5, 0.6) is 0 Å². The number of nitrogens with one attached hydrogen (secondary N) is 1. The number of nitro groups is 1. The molecule has 1 amide bonds. The highest BCUT2D eigenvalue weighted by atomic mass is 35.5. The van der Waals surface area contributed by atoms with Gasteiger partial charge >= 0.3 is 0 Å². The monoisotopic (exact) mass is 342 g/mol. The number of aromatic nitrogens is 2. The van der Waals surface area contributed by atoms with Crippen LogP contribution in [0.4, 0.5) is 11.4 Å². The quantitative estimate of drug-likeness (QED) is 0.578. The number of hydrogen-bond acceptors (Lipinski definition) is 4. The number of nitro benzene ring substituents is 1. The third-order valence-electron chi connectivity index (χ3n) is 3.30. The maximum Gasteiger partial charge on any atom is 0.270 e. The lowest BCUT2D eigenvalue weighted by Gasteiger charge is -2.08. The lowest BCUT2D eigenvalue weighted by atomic mass is 10.2. The third-order valence-corrected chi connectivity index (χ3v) is 3.63. The number of nitrogens with zero attached hydrogens (tertiary/aromatic N) is 3.